The highest BCUT2D eigenvalue weighted by Gasteiger charge is 2.40. The molecule has 1 aliphatic heterocycles. The summed E-state index contributed by atoms with van der Waals surface area (Å²) in [6.45, 7) is 2.00. The molecule has 96 valence electrons. The SMILES string of the molecule is CC1OC(=O)C1NC(=O)OCCc1ccccc1. The number of esters is 1. The zero-order valence-electron chi connectivity index (χ0n) is 10.1. The van der Waals surface area contributed by atoms with Crippen molar-refractivity contribution >= 4 is 12.1 Å². The summed E-state index contributed by atoms with van der Waals surface area (Å²) in [6.07, 6.45) is -0.211. The number of carbonyl (C=O) groups excluding carboxylic acids is 2. The minimum Gasteiger partial charge on any atom is -0.458 e. The van der Waals surface area contributed by atoms with Crippen LogP contribution in [0.3, 0.4) is 0 Å². The molecule has 0 spiro atoms. The molecule has 1 N–H and O–H groups in total. The fourth-order valence-corrected chi connectivity index (χ4v) is 1.70. The monoisotopic (exact) mass is 249 g/mol. The molecule has 18 heavy (non-hydrogen) atoms. The van der Waals surface area contributed by atoms with Gasteiger partial charge in [0.1, 0.15) is 6.10 Å². The van der Waals surface area contributed by atoms with Gasteiger partial charge in [-0.15, -0.1) is 0 Å². The van der Waals surface area contributed by atoms with Crippen molar-refractivity contribution in [1.29, 1.82) is 0 Å². The number of hydrogen-bond donors (Lipinski definition) is 1. The van der Waals surface area contributed by atoms with Gasteiger partial charge in [0.2, 0.25) is 0 Å². The number of amides is 1. The Balaban J connectivity index is 1.68. The van der Waals surface area contributed by atoms with Crippen molar-refractivity contribution in [3.05, 3.63) is 35.9 Å². The van der Waals surface area contributed by atoms with E-state index >= 15 is 0 Å². The maximum absolute atomic E-state index is 11.4. The van der Waals surface area contributed by atoms with Crippen LogP contribution in [0.4, 0.5) is 4.79 Å². The summed E-state index contributed by atoms with van der Waals surface area (Å²) in [6, 6.07) is 9.15. The number of carbonyl (C=O) groups is 2. The van der Waals surface area contributed by atoms with Crippen LogP contribution in [-0.2, 0) is 20.7 Å². The van der Waals surface area contributed by atoms with Gasteiger partial charge in [-0.25, -0.2) is 9.59 Å². The van der Waals surface area contributed by atoms with E-state index in [0.717, 1.165) is 5.56 Å². The molecule has 0 aliphatic carbocycles. The average Bonchev–Trinajstić information content (AvgIpc) is 2.38. The van der Waals surface area contributed by atoms with Crippen molar-refractivity contribution < 1.29 is 19.1 Å². The Bertz CT molecular complexity index is 432. The van der Waals surface area contributed by atoms with Gasteiger partial charge in [-0.05, 0) is 12.5 Å². The molecule has 1 fully saturated rings. The summed E-state index contributed by atoms with van der Waals surface area (Å²) in [4.78, 5) is 22.4. The fraction of sp³-hybridized carbons (Fsp3) is 0.385. The van der Waals surface area contributed by atoms with Crippen molar-refractivity contribution in [2.45, 2.75) is 25.5 Å². The second-order valence-electron chi connectivity index (χ2n) is 4.14. The van der Waals surface area contributed by atoms with Crippen LogP contribution in [0.2, 0.25) is 0 Å². The third-order valence-electron chi connectivity index (χ3n) is 2.77. The van der Waals surface area contributed by atoms with Gasteiger partial charge < -0.3 is 14.8 Å². The molecule has 1 heterocycles. The molecule has 2 atom stereocenters. The van der Waals surface area contributed by atoms with E-state index in [1.165, 1.54) is 0 Å². The highest BCUT2D eigenvalue weighted by Crippen LogP contribution is 2.13. The van der Waals surface area contributed by atoms with Gasteiger partial charge in [0.25, 0.3) is 0 Å². The van der Waals surface area contributed by atoms with Gasteiger partial charge in [-0.2, -0.15) is 0 Å². The Morgan fingerprint density at radius 3 is 2.72 bits per heavy atom. The number of ether oxygens (including phenoxy) is 2. The van der Waals surface area contributed by atoms with E-state index in [0.29, 0.717) is 6.42 Å². The Labute approximate surface area is 105 Å². The highest BCUT2D eigenvalue weighted by molar-refractivity contribution is 5.86. The van der Waals surface area contributed by atoms with Gasteiger partial charge in [-0.3, -0.25) is 0 Å². The van der Waals surface area contributed by atoms with Crippen LogP contribution in [0.1, 0.15) is 12.5 Å². The molecular weight excluding hydrogens is 234 g/mol. The summed E-state index contributed by atoms with van der Waals surface area (Å²) in [5.74, 6) is -0.414. The van der Waals surface area contributed by atoms with Gasteiger partial charge in [0.05, 0.1) is 6.61 Å². The number of alkyl carbamates (subject to hydrolysis) is 1. The van der Waals surface area contributed by atoms with E-state index in [1.807, 2.05) is 30.3 Å². The third kappa shape index (κ3) is 3.00. The fourth-order valence-electron chi connectivity index (χ4n) is 1.70. The van der Waals surface area contributed by atoms with Crippen LogP contribution in [0.5, 0.6) is 0 Å². The van der Waals surface area contributed by atoms with Gasteiger partial charge in [0.15, 0.2) is 6.04 Å². The van der Waals surface area contributed by atoms with Crippen LogP contribution in [-0.4, -0.2) is 30.8 Å². The first kappa shape index (κ1) is 12.4. The largest absolute Gasteiger partial charge is 0.458 e. The zero-order valence-corrected chi connectivity index (χ0v) is 10.1. The number of benzene rings is 1. The lowest BCUT2D eigenvalue weighted by atomic mass is 10.1. The number of rotatable bonds is 4. The predicted octanol–water partition coefficient (Wildman–Crippen LogP) is 1.27. The summed E-state index contributed by atoms with van der Waals surface area (Å²) in [7, 11) is 0. The van der Waals surface area contributed by atoms with E-state index in [9.17, 15) is 9.59 Å². The van der Waals surface area contributed by atoms with Crippen molar-refractivity contribution in [2.24, 2.45) is 0 Å². The normalized spacial score (nSPS) is 21.7. The van der Waals surface area contributed by atoms with Crippen molar-refractivity contribution in [3.63, 3.8) is 0 Å². The van der Waals surface area contributed by atoms with Gasteiger partial charge in [0, 0.05) is 6.42 Å². The maximum atomic E-state index is 11.4. The first-order valence-corrected chi connectivity index (χ1v) is 5.84. The molecule has 0 aromatic heterocycles. The van der Waals surface area contributed by atoms with Crippen molar-refractivity contribution in [2.75, 3.05) is 6.61 Å². The minimum absolute atomic E-state index is 0.279. The third-order valence-corrected chi connectivity index (χ3v) is 2.77. The quantitative estimate of drug-likeness (QED) is 0.816. The van der Waals surface area contributed by atoms with Crippen LogP contribution in [0.25, 0.3) is 0 Å². The summed E-state index contributed by atoms with van der Waals surface area (Å²) in [5.41, 5.74) is 1.10. The molecule has 1 amide bonds. The summed E-state index contributed by atoms with van der Waals surface area (Å²) < 4.78 is 9.71. The molecule has 1 aromatic rings. The van der Waals surface area contributed by atoms with E-state index in [1.54, 1.807) is 6.92 Å². The number of nitrogens with one attached hydrogen (secondary N) is 1. The molecule has 1 aliphatic rings. The molecule has 1 aromatic carbocycles. The van der Waals surface area contributed by atoms with E-state index < -0.39 is 18.1 Å². The van der Waals surface area contributed by atoms with Crippen LogP contribution < -0.4 is 5.32 Å². The first-order valence-electron chi connectivity index (χ1n) is 5.84. The van der Waals surface area contributed by atoms with Crippen LogP contribution in [0, 0.1) is 0 Å². The topological polar surface area (TPSA) is 64.6 Å². The standard InChI is InChI=1S/C13H15NO4/c1-9-11(12(15)18-9)14-13(16)17-8-7-10-5-3-2-4-6-10/h2-6,9,11H,7-8H2,1H3,(H,14,16). The predicted molar refractivity (Wildman–Crippen MR) is 64.0 cm³/mol. The highest BCUT2D eigenvalue weighted by atomic mass is 16.6. The molecule has 5 nitrogen and oxygen atoms in total. The lowest BCUT2D eigenvalue weighted by Gasteiger charge is -2.32. The molecule has 0 bridgehead atoms. The number of hydrogen-bond acceptors (Lipinski definition) is 4. The van der Waals surface area contributed by atoms with Crippen molar-refractivity contribution in [1.82, 2.24) is 5.32 Å². The van der Waals surface area contributed by atoms with E-state index in [2.05, 4.69) is 5.32 Å². The van der Waals surface area contributed by atoms with Gasteiger partial charge in [-0.1, -0.05) is 30.3 Å². The van der Waals surface area contributed by atoms with Crippen LogP contribution >= 0.6 is 0 Å². The molecule has 0 saturated carbocycles. The molecule has 2 rings (SSSR count). The Hall–Kier alpha value is -2.04. The van der Waals surface area contributed by atoms with Gasteiger partial charge >= 0.3 is 12.1 Å². The smallest absolute Gasteiger partial charge is 0.407 e. The second-order valence-corrected chi connectivity index (χ2v) is 4.14. The molecule has 1 saturated heterocycles. The Morgan fingerprint density at radius 2 is 2.11 bits per heavy atom. The molecule has 5 heteroatoms. The Morgan fingerprint density at radius 1 is 1.39 bits per heavy atom. The van der Waals surface area contributed by atoms with Crippen molar-refractivity contribution in [3.8, 4) is 0 Å². The molecule has 2 unspecified atom stereocenters. The Kier molecular flexibility index (Phi) is 3.82. The number of cyclic esters (lactones) is 1. The maximum Gasteiger partial charge on any atom is 0.407 e. The average molecular weight is 249 g/mol. The summed E-state index contributed by atoms with van der Waals surface area (Å²) >= 11 is 0. The van der Waals surface area contributed by atoms with Crippen LogP contribution in [0.15, 0.2) is 30.3 Å². The molecule has 0 radical (unpaired) electrons. The summed E-state index contributed by atoms with van der Waals surface area (Å²) in [5, 5.41) is 2.47. The minimum atomic E-state index is -0.584. The zero-order chi connectivity index (χ0) is 13.0. The molecular formula is C13H15NO4. The van der Waals surface area contributed by atoms with E-state index in [-0.39, 0.29) is 12.7 Å². The second kappa shape index (κ2) is 5.53. The first-order chi connectivity index (χ1) is 8.66. The van der Waals surface area contributed by atoms with E-state index in [4.69, 9.17) is 9.47 Å². The lowest BCUT2D eigenvalue weighted by molar-refractivity contribution is -0.174. The lowest BCUT2D eigenvalue weighted by Crippen LogP contribution is -2.58.